The highest BCUT2D eigenvalue weighted by Crippen LogP contribution is 2.25. The van der Waals surface area contributed by atoms with E-state index in [4.69, 9.17) is 9.52 Å². The molecule has 0 aromatic carbocycles. The van der Waals surface area contributed by atoms with Gasteiger partial charge in [-0.3, -0.25) is 9.69 Å². The molecule has 4 heteroatoms. The third-order valence-electron chi connectivity index (χ3n) is 3.04. The van der Waals surface area contributed by atoms with Crippen LogP contribution in [0.15, 0.2) is 22.8 Å². The maximum Gasteiger partial charge on any atom is 0.307 e. The summed E-state index contributed by atoms with van der Waals surface area (Å²) in [5.41, 5.74) is 0. The highest BCUT2D eigenvalue weighted by molar-refractivity contribution is 5.69. The van der Waals surface area contributed by atoms with E-state index in [1.807, 2.05) is 19.1 Å². The summed E-state index contributed by atoms with van der Waals surface area (Å²) < 4.78 is 5.42. The van der Waals surface area contributed by atoms with E-state index < -0.39 is 5.97 Å². The average Bonchev–Trinajstić information content (AvgIpc) is 2.81. The fourth-order valence-corrected chi connectivity index (χ4v) is 2.03. The van der Waals surface area contributed by atoms with Gasteiger partial charge in [0.15, 0.2) is 0 Å². The van der Waals surface area contributed by atoms with Crippen molar-refractivity contribution in [3.63, 3.8) is 0 Å². The minimum atomic E-state index is -0.752. The molecule has 0 saturated carbocycles. The fourth-order valence-electron chi connectivity index (χ4n) is 2.03. The van der Waals surface area contributed by atoms with Gasteiger partial charge in [-0.25, -0.2) is 0 Å². The van der Waals surface area contributed by atoms with Crippen molar-refractivity contribution >= 4 is 5.97 Å². The molecule has 2 unspecified atom stereocenters. The molecular formula is C13H21NO3. The molecule has 0 fully saturated rings. The maximum absolute atomic E-state index is 10.9. The summed E-state index contributed by atoms with van der Waals surface area (Å²) in [5.74, 6) is -0.205. The van der Waals surface area contributed by atoms with Crippen molar-refractivity contribution in [3.05, 3.63) is 24.2 Å². The molecule has 17 heavy (non-hydrogen) atoms. The van der Waals surface area contributed by atoms with Crippen molar-refractivity contribution in [2.45, 2.75) is 33.2 Å². The van der Waals surface area contributed by atoms with Crippen LogP contribution >= 0.6 is 0 Å². The quantitative estimate of drug-likeness (QED) is 0.795. The smallest absolute Gasteiger partial charge is 0.307 e. The second kappa shape index (κ2) is 6.45. The highest BCUT2D eigenvalue weighted by Gasteiger charge is 2.23. The molecule has 0 amide bonds. The third kappa shape index (κ3) is 3.60. The van der Waals surface area contributed by atoms with E-state index in [1.165, 1.54) is 0 Å². The summed E-state index contributed by atoms with van der Waals surface area (Å²) in [6.45, 7) is 7.23. The molecule has 96 valence electrons. The van der Waals surface area contributed by atoms with Gasteiger partial charge < -0.3 is 9.52 Å². The number of carboxylic acids is 1. The SMILES string of the molecule is CCC(c1ccco1)N(CC)CC(C)C(=O)O. The summed E-state index contributed by atoms with van der Waals surface area (Å²) in [5, 5.41) is 8.96. The fraction of sp³-hybridized carbons (Fsp3) is 0.615. The van der Waals surface area contributed by atoms with E-state index in [2.05, 4.69) is 11.8 Å². The van der Waals surface area contributed by atoms with Crippen molar-refractivity contribution in [3.8, 4) is 0 Å². The predicted molar refractivity (Wildman–Crippen MR) is 65.8 cm³/mol. The molecular weight excluding hydrogens is 218 g/mol. The van der Waals surface area contributed by atoms with Crippen LogP contribution in [-0.2, 0) is 4.79 Å². The zero-order chi connectivity index (χ0) is 12.8. The number of carbonyl (C=O) groups is 1. The molecule has 0 aliphatic carbocycles. The van der Waals surface area contributed by atoms with Gasteiger partial charge in [0.05, 0.1) is 18.2 Å². The Labute approximate surface area is 102 Å². The number of rotatable bonds is 7. The van der Waals surface area contributed by atoms with Crippen molar-refractivity contribution in [1.29, 1.82) is 0 Å². The minimum Gasteiger partial charge on any atom is -0.481 e. The lowest BCUT2D eigenvalue weighted by molar-refractivity contribution is -0.142. The van der Waals surface area contributed by atoms with Gasteiger partial charge in [-0.05, 0) is 25.1 Å². The van der Waals surface area contributed by atoms with Crippen LogP contribution in [0.2, 0.25) is 0 Å². The van der Waals surface area contributed by atoms with Gasteiger partial charge in [-0.15, -0.1) is 0 Å². The standard InChI is InChI=1S/C13H21NO3/c1-4-11(12-7-6-8-17-12)14(5-2)9-10(3)13(15)16/h6-8,10-11H,4-5,9H2,1-3H3,(H,15,16). The number of aliphatic carboxylic acids is 1. The molecule has 0 bridgehead atoms. The minimum absolute atomic E-state index is 0.164. The van der Waals surface area contributed by atoms with Crippen LogP contribution < -0.4 is 0 Å². The van der Waals surface area contributed by atoms with Crippen molar-refractivity contribution in [1.82, 2.24) is 4.90 Å². The summed E-state index contributed by atoms with van der Waals surface area (Å²) in [4.78, 5) is 13.0. The first kappa shape index (κ1) is 13.8. The van der Waals surface area contributed by atoms with Crippen molar-refractivity contribution in [2.24, 2.45) is 5.92 Å². The summed E-state index contributed by atoms with van der Waals surface area (Å²) in [7, 11) is 0. The molecule has 2 atom stereocenters. The molecule has 4 nitrogen and oxygen atoms in total. The molecule has 0 saturated heterocycles. The molecule has 1 aromatic heterocycles. The Balaban J connectivity index is 2.74. The van der Waals surface area contributed by atoms with Crippen molar-refractivity contribution < 1.29 is 14.3 Å². The first-order chi connectivity index (χ1) is 8.10. The monoisotopic (exact) mass is 239 g/mol. The average molecular weight is 239 g/mol. The van der Waals surface area contributed by atoms with E-state index in [-0.39, 0.29) is 12.0 Å². The Kier molecular flexibility index (Phi) is 5.22. The number of hydrogen-bond donors (Lipinski definition) is 1. The second-order valence-corrected chi connectivity index (χ2v) is 4.27. The largest absolute Gasteiger partial charge is 0.481 e. The number of hydrogen-bond acceptors (Lipinski definition) is 3. The lowest BCUT2D eigenvalue weighted by Crippen LogP contribution is -2.34. The topological polar surface area (TPSA) is 53.7 Å². The zero-order valence-corrected chi connectivity index (χ0v) is 10.7. The van der Waals surface area contributed by atoms with Crippen molar-refractivity contribution in [2.75, 3.05) is 13.1 Å². The Bertz CT molecular complexity index is 334. The first-order valence-corrected chi connectivity index (χ1v) is 6.10. The summed E-state index contributed by atoms with van der Waals surface area (Å²) in [6, 6.07) is 3.98. The van der Waals surface area contributed by atoms with E-state index in [1.54, 1.807) is 13.2 Å². The van der Waals surface area contributed by atoms with Crippen LogP contribution in [0.3, 0.4) is 0 Å². The van der Waals surface area contributed by atoms with Crippen LogP contribution in [0.25, 0.3) is 0 Å². The lowest BCUT2D eigenvalue weighted by Gasteiger charge is -2.29. The van der Waals surface area contributed by atoms with Gasteiger partial charge in [0.25, 0.3) is 0 Å². The van der Waals surface area contributed by atoms with Gasteiger partial charge in [0, 0.05) is 6.54 Å². The number of nitrogens with zero attached hydrogens (tertiary/aromatic N) is 1. The molecule has 0 aliphatic heterocycles. The first-order valence-electron chi connectivity index (χ1n) is 6.10. The Morgan fingerprint density at radius 2 is 2.24 bits per heavy atom. The molecule has 0 spiro atoms. The summed E-state index contributed by atoms with van der Waals surface area (Å²) >= 11 is 0. The van der Waals surface area contributed by atoms with Gasteiger partial charge in [0.1, 0.15) is 5.76 Å². The Morgan fingerprint density at radius 1 is 1.53 bits per heavy atom. The second-order valence-electron chi connectivity index (χ2n) is 4.27. The molecule has 1 heterocycles. The molecule has 1 rings (SSSR count). The molecule has 1 N–H and O–H groups in total. The predicted octanol–water partition coefficient (Wildman–Crippen LogP) is 2.77. The van der Waals surface area contributed by atoms with Crippen LogP contribution in [-0.4, -0.2) is 29.1 Å². The molecule has 0 radical (unpaired) electrons. The van der Waals surface area contributed by atoms with Crippen LogP contribution in [0, 0.1) is 5.92 Å². The van der Waals surface area contributed by atoms with Crippen LogP contribution in [0.5, 0.6) is 0 Å². The summed E-state index contributed by atoms with van der Waals surface area (Å²) in [6.07, 6.45) is 2.57. The Morgan fingerprint density at radius 3 is 2.65 bits per heavy atom. The van der Waals surface area contributed by atoms with Crippen LogP contribution in [0.1, 0.15) is 39.0 Å². The highest BCUT2D eigenvalue weighted by atomic mass is 16.4. The zero-order valence-electron chi connectivity index (χ0n) is 10.7. The van der Waals surface area contributed by atoms with Gasteiger partial charge in [0.2, 0.25) is 0 Å². The van der Waals surface area contributed by atoms with E-state index >= 15 is 0 Å². The van der Waals surface area contributed by atoms with E-state index in [0.29, 0.717) is 6.54 Å². The third-order valence-corrected chi connectivity index (χ3v) is 3.04. The van der Waals surface area contributed by atoms with E-state index in [9.17, 15) is 4.79 Å². The van der Waals surface area contributed by atoms with Gasteiger partial charge in [-0.2, -0.15) is 0 Å². The van der Waals surface area contributed by atoms with E-state index in [0.717, 1.165) is 18.7 Å². The normalized spacial score (nSPS) is 14.8. The van der Waals surface area contributed by atoms with Gasteiger partial charge in [-0.1, -0.05) is 20.8 Å². The molecule has 1 aromatic rings. The maximum atomic E-state index is 10.9. The number of carboxylic acid groups (broad SMARTS) is 1. The number of furan rings is 1. The van der Waals surface area contributed by atoms with Gasteiger partial charge >= 0.3 is 5.97 Å². The Hall–Kier alpha value is -1.29. The molecule has 0 aliphatic rings. The lowest BCUT2D eigenvalue weighted by atomic mass is 10.1. The van der Waals surface area contributed by atoms with Crippen LogP contribution in [0.4, 0.5) is 0 Å².